The van der Waals surface area contributed by atoms with Gasteiger partial charge in [-0.25, -0.2) is 9.97 Å². The third-order valence-electron chi connectivity index (χ3n) is 2.66. The third-order valence-corrected chi connectivity index (χ3v) is 2.66. The molecule has 1 N–H and O–H groups in total. The Morgan fingerprint density at radius 2 is 1.50 bits per heavy atom. The maximum atomic E-state index is 5.79. The van der Waals surface area contributed by atoms with Crippen LogP contribution >= 0.6 is 0 Å². The topological polar surface area (TPSA) is 56.3 Å². The number of benzene rings is 1. The molecule has 5 heteroatoms. The van der Waals surface area contributed by atoms with Crippen molar-refractivity contribution in [3.63, 3.8) is 0 Å². The third kappa shape index (κ3) is 5.24. The fourth-order valence-corrected chi connectivity index (χ4v) is 1.95. The highest BCUT2D eigenvalue weighted by Crippen LogP contribution is 2.25. The molecule has 0 aliphatic heterocycles. The number of nitrogens with zero attached hydrogens (tertiary/aromatic N) is 2. The van der Waals surface area contributed by atoms with E-state index in [4.69, 9.17) is 9.47 Å². The van der Waals surface area contributed by atoms with Gasteiger partial charge in [0.25, 0.3) is 0 Å². The molecule has 1 aromatic carbocycles. The lowest BCUT2D eigenvalue weighted by atomic mass is 10.2. The average Bonchev–Trinajstić information content (AvgIpc) is 2.44. The van der Waals surface area contributed by atoms with Gasteiger partial charge >= 0.3 is 0 Å². The second-order valence-corrected chi connectivity index (χ2v) is 5.51. The number of rotatable bonds is 7. The van der Waals surface area contributed by atoms with Crippen molar-refractivity contribution in [3.05, 3.63) is 42.2 Å². The number of hydrogen-bond acceptors (Lipinski definition) is 5. The predicted octanol–water partition coefficient (Wildman–Crippen LogP) is 3.46. The first-order valence-electron chi connectivity index (χ1n) is 7.42. The van der Waals surface area contributed by atoms with Gasteiger partial charge in [-0.3, -0.25) is 0 Å². The van der Waals surface area contributed by atoms with Gasteiger partial charge in [0.1, 0.15) is 11.5 Å². The molecule has 1 radical (unpaired) electrons. The summed E-state index contributed by atoms with van der Waals surface area (Å²) in [5.74, 6) is 2.17. The zero-order chi connectivity index (χ0) is 15.9. The molecule has 0 saturated heterocycles. The quantitative estimate of drug-likeness (QED) is 0.848. The standard InChI is InChI=1S/C17H22N3O2/c1-12(2)21-15-8-14(9-16(10-15)22-13(3)4)11-20-17-18-6-5-7-19-17/h6-10,12-13H,11H2,1-4H3,(H,18,19,20). The lowest BCUT2D eigenvalue weighted by Crippen LogP contribution is -2.10. The molecule has 0 aliphatic carbocycles. The van der Waals surface area contributed by atoms with Crippen molar-refractivity contribution in [2.24, 2.45) is 0 Å². The molecule has 0 atom stereocenters. The summed E-state index contributed by atoms with van der Waals surface area (Å²) in [5.41, 5.74) is 1.05. The summed E-state index contributed by atoms with van der Waals surface area (Å²) < 4.78 is 11.6. The maximum Gasteiger partial charge on any atom is 0.222 e. The normalized spacial score (nSPS) is 10.8. The molecular formula is C17H22N3O2. The molecule has 1 aromatic heterocycles. The Morgan fingerprint density at radius 1 is 0.955 bits per heavy atom. The van der Waals surface area contributed by atoms with Gasteiger partial charge in [-0.15, -0.1) is 0 Å². The molecule has 117 valence electrons. The Labute approximate surface area is 131 Å². The van der Waals surface area contributed by atoms with Gasteiger partial charge in [-0.2, -0.15) is 0 Å². The van der Waals surface area contributed by atoms with Gasteiger partial charge in [-0.05, 0) is 45.4 Å². The molecule has 0 amide bonds. The van der Waals surface area contributed by atoms with Crippen LogP contribution in [0, 0.1) is 6.07 Å². The molecular weight excluding hydrogens is 278 g/mol. The lowest BCUT2D eigenvalue weighted by molar-refractivity contribution is 0.229. The summed E-state index contributed by atoms with van der Waals surface area (Å²) >= 11 is 0. The van der Waals surface area contributed by atoms with Crippen LogP contribution in [0.1, 0.15) is 33.3 Å². The van der Waals surface area contributed by atoms with Crippen molar-refractivity contribution in [1.29, 1.82) is 0 Å². The fourth-order valence-electron chi connectivity index (χ4n) is 1.95. The number of nitrogens with one attached hydrogen (secondary N) is 1. The highest BCUT2D eigenvalue weighted by Gasteiger charge is 2.07. The second-order valence-electron chi connectivity index (χ2n) is 5.51. The molecule has 0 aliphatic rings. The smallest absolute Gasteiger partial charge is 0.222 e. The first-order chi connectivity index (χ1) is 10.5. The van der Waals surface area contributed by atoms with Gasteiger partial charge in [0.15, 0.2) is 0 Å². The molecule has 2 rings (SSSR count). The summed E-state index contributed by atoms with van der Waals surface area (Å²) in [6.45, 7) is 8.60. The molecule has 22 heavy (non-hydrogen) atoms. The van der Waals surface area contributed by atoms with Gasteiger partial charge in [0, 0.05) is 31.1 Å². The summed E-state index contributed by atoms with van der Waals surface area (Å²) in [6, 6.07) is 8.69. The largest absolute Gasteiger partial charge is 0.491 e. The van der Waals surface area contributed by atoms with Crippen molar-refractivity contribution in [3.8, 4) is 11.5 Å². The van der Waals surface area contributed by atoms with Gasteiger partial charge in [0.05, 0.1) is 12.2 Å². The van der Waals surface area contributed by atoms with Crippen LogP contribution in [-0.2, 0) is 6.54 Å². The molecule has 2 aromatic rings. The van der Waals surface area contributed by atoms with Crippen molar-refractivity contribution < 1.29 is 9.47 Å². The first kappa shape index (κ1) is 16.1. The van der Waals surface area contributed by atoms with Gasteiger partial charge in [0.2, 0.25) is 5.95 Å². The van der Waals surface area contributed by atoms with Crippen LogP contribution in [0.15, 0.2) is 30.6 Å². The van der Waals surface area contributed by atoms with E-state index in [0.717, 1.165) is 17.1 Å². The summed E-state index contributed by atoms with van der Waals surface area (Å²) in [4.78, 5) is 8.19. The summed E-state index contributed by atoms with van der Waals surface area (Å²) in [5, 5.41) is 3.17. The minimum Gasteiger partial charge on any atom is -0.491 e. The molecule has 0 saturated carbocycles. The van der Waals surface area contributed by atoms with Crippen LogP contribution in [0.2, 0.25) is 0 Å². The Balaban J connectivity index is 2.13. The van der Waals surface area contributed by atoms with Crippen LogP contribution in [0.3, 0.4) is 0 Å². The average molecular weight is 300 g/mol. The predicted molar refractivity (Wildman–Crippen MR) is 86.2 cm³/mol. The van der Waals surface area contributed by atoms with E-state index < -0.39 is 0 Å². The fraction of sp³-hybridized carbons (Fsp3) is 0.412. The summed E-state index contributed by atoms with van der Waals surface area (Å²) in [6.07, 6.45) is 3.40. The zero-order valence-corrected chi connectivity index (χ0v) is 13.5. The van der Waals surface area contributed by atoms with E-state index in [1.807, 2.05) is 45.9 Å². The monoisotopic (exact) mass is 300 g/mol. The molecule has 0 spiro atoms. The highest BCUT2D eigenvalue weighted by molar-refractivity contribution is 5.40. The van der Waals surface area contributed by atoms with Crippen molar-refractivity contribution in [2.75, 3.05) is 5.32 Å². The second kappa shape index (κ2) is 7.64. The first-order valence-corrected chi connectivity index (χ1v) is 7.42. The zero-order valence-electron chi connectivity index (χ0n) is 13.5. The van der Waals surface area contributed by atoms with E-state index in [1.54, 1.807) is 12.4 Å². The van der Waals surface area contributed by atoms with Crippen LogP contribution in [0.25, 0.3) is 0 Å². The van der Waals surface area contributed by atoms with Gasteiger partial charge < -0.3 is 14.8 Å². The van der Waals surface area contributed by atoms with Crippen molar-refractivity contribution in [1.82, 2.24) is 9.97 Å². The highest BCUT2D eigenvalue weighted by atomic mass is 16.5. The number of hydrogen-bond donors (Lipinski definition) is 1. The minimum absolute atomic E-state index is 0.114. The Hall–Kier alpha value is -2.30. The molecule has 5 nitrogen and oxygen atoms in total. The van der Waals surface area contributed by atoms with Crippen LogP contribution in [0.5, 0.6) is 11.5 Å². The Bertz CT molecular complexity index is 557. The molecule has 0 fully saturated rings. The SMILES string of the molecule is CC(C)Oc1cc(CNc2nc[c]cn2)cc(OC(C)C)c1. The van der Waals surface area contributed by atoms with E-state index in [9.17, 15) is 0 Å². The number of aromatic nitrogens is 2. The van der Waals surface area contributed by atoms with E-state index in [0.29, 0.717) is 12.5 Å². The maximum absolute atomic E-state index is 5.79. The van der Waals surface area contributed by atoms with Gasteiger partial charge in [-0.1, -0.05) is 0 Å². The van der Waals surface area contributed by atoms with Crippen LogP contribution in [-0.4, -0.2) is 22.2 Å². The van der Waals surface area contributed by atoms with E-state index in [-0.39, 0.29) is 12.2 Å². The van der Waals surface area contributed by atoms with E-state index in [1.165, 1.54) is 0 Å². The molecule has 0 unspecified atom stereocenters. The van der Waals surface area contributed by atoms with E-state index >= 15 is 0 Å². The Kier molecular flexibility index (Phi) is 5.58. The Morgan fingerprint density at radius 3 is 2.00 bits per heavy atom. The van der Waals surface area contributed by atoms with E-state index in [2.05, 4.69) is 21.4 Å². The van der Waals surface area contributed by atoms with Crippen molar-refractivity contribution in [2.45, 2.75) is 46.4 Å². The minimum atomic E-state index is 0.114. The lowest BCUT2D eigenvalue weighted by Gasteiger charge is -2.16. The van der Waals surface area contributed by atoms with Crippen molar-refractivity contribution >= 4 is 5.95 Å². The number of ether oxygens (including phenoxy) is 2. The molecule has 1 heterocycles. The summed E-state index contributed by atoms with van der Waals surface area (Å²) in [7, 11) is 0. The van der Waals surface area contributed by atoms with Crippen LogP contribution < -0.4 is 14.8 Å². The number of anilines is 1. The molecule has 0 bridgehead atoms. The van der Waals surface area contributed by atoms with Crippen LogP contribution in [0.4, 0.5) is 5.95 Å².